The van der Waals surface area contributed by atoms with Gasteiger partial charge in [-0.15, -0.1) is 0 Å². The van der Waals surface area contributed by atoms with E-state index in [0.29, 0.717) is 28.0 Å². The van der Waals surface area contributed by atoms with Crippen molar-refractivity contribution in [3.63, 3.8) is 0 Å². The molecule has 1 aromatic carbocycles. The highest BCUT2D eigenvalue weighted by molar-refractivity contribution is 5.97. The smallest absolute Gasteiger partial charge is 0.230 e. The fourth-order valence-electron chi connectivity index (χ4n) is 2.86. The number of nitrogens with two attached hydrogens (primary N) is 3. The first-order valence-electron chi connectivity index (χ1n) is 7.91. The molecule has 0 saturated carbocycles. The highest BCUT2D eigenvalue weighted by Gasteiger charge is 2.34. The Bertz CT molecular complexity index is 1050. The lowest BCUT2D eigenvalue weighted by molar-refractivity contribution is 0.392. The SMILES string of the molecule is NC1=CNC(N)(c2nn(Cc3ccccc3F)c3ncccc23)N=C1N. The van der Waals surface area contributed by atoms with Gasteiger partial charge in [0.25, 0.3) is 0 Å². The summed E-state index contributed by atoms with van der Waals surface area (Å²) in [6.07, 6.45) is 3.12. The predicted molar refractivity (Wildman–Crippen MR) is 95.9 cm³/mol. The van der Waals surface area contributed by atoms with Gasteiger partial charge < -0.3 is 16.8 Å². The standard InChI is InChI=1S/C17H17FN8/c18-12-6-2-1-4-10(12)9-26-16-11(5-3-7-22-16)14(25-26)17(21)23-8-13(19)15(20)24-17/h1-8,23H,9,19,21H2,(H2,20,24). The van der Waals surface area contributed by atoms with E-state index in [1.807, 2.05) is 6.07 Å². The average Bonchev–Trinajstić information content (AvgIpc) is 3.00. The van der Waals surface area contributed by atoms with Crippen LogP contribution >= 0.6 is 0 Å². The van der Waals surface area contributed by atoms with E-state index in [1.54, 1.807) is 35.1 Å². The fraction of sp³-hybridized carbons (Fsp3) is 0.118. The topological polar surface area (TPSA) is 133 Å². The molecule has 0 radical (unpaired) electrons. The molecule has 0 fully saturated rings. The van der Waals surface area contributed by atoms with Crippen LogP contribution < -0.4 is 22.5 Å². The van der Waals surface area contributed by atoms with Crippen molar-refractivity contribution in [3.05, 3.63) is 71.6 Å². The number of fused-ring (bicyclic) bond motifs is 1. The maximum Gasteiger partial charge on any atom is 0.230 e. The van der Waals surface area contributed by atoms with E-state index in [4.69, 9.17) is 17.2 Å². The fourth-order valence-corrected chi connectivity index (χ4v) is 2.86. The molecule has 3 heterocycles. The molecule has 1 atom stereocenters. The zero-order chi connectivity index (χ0) is 18.3. The quantitative estimate of drug-likeness (QED) is 0.541. The van der Waals surface area contributed by atoms with Crippen LogP contribution in [-0.4, -0.2) is 20.6 Å². The van der Waals surface area contributed by atoms with E-state index in [-0.39, 0.29) is 18.2 Å². The van der Waals surface area contributed by atoms with Crippen molar-refractivity contribution in [1.29, 1.82) is 0 Å². The lowest BCUT2D eigenvalue weighted by atomic mass is 10.1. The summed E-state index contributed by atoms with van der Waals surface area (Å²) in [6.45, 7) is 0.202. The molecule has 1 unspecified atom stereocenters. The molecule has 0 amide bonds. The molecule has 4 rings (SSSR count). The first-order valence-corrected chi connectivity index (χ1v) is 7.91. The van der Waals surface area contributed by atoms with Gasteiger partial charge in [-0.1, -0.05) is 18.2 Å². The zero-order valence-corrected chi connectivity index (χ0v) is 13.7. The van der Waals surface area contributed by atoms with Crippen molar-refractivity contribution in [3.8, 4) is 0 Å². The number of nitrogens with zero attached hydrogens (tertiary/aromatic N) is 4. The van der Waals surface area contributed by atoms with Gasteiger partial charge in [0.05, 0.1) is 12.2 Å². The van der Waals surface area contributed by atoms with Crippen LogP contribution in [0.25, 0.3) is 11.0 Å². The average molecular weight is 352 g/mol. The molecule has 0 bridgehead atoms. The highest BCUT2D eigenvalue weighted by atomic mass is 19.1. The Balaban J connectivity index is 1.84. The van der Waals surface area contributed by atoms with E-state index in [0.717, 1.165) is 0 Å². The van der Waals surface area contributed by atoms with Gasteiger partial charge in [-0.2, -0.15) is 5.10 Å². The van der Waals surface area contributed by atoms with E-state index in [1.165, 1.54) is 12.3 Å². The molecular weight excluding hydrogens is 335 g/mol. The summed E-state index contributed by atoms with van der Waals surface area (Å²) in [4.78, 5) is 8.61. The molecule has 1 aliphatic heterocycles. The Morgan fingerprint density at radius 1 is 1.15 bits per heavy atom. The van der Waals surface area contributed by atoms with Gasteiger partial charge in [0.15, 0.2) is 5.65 Å². The Morgan fingerprint density at radius 3 is 2.73 bits per heavy atom. The number of nitrogens with one attached hydrogen (secondary N) is 1. The van der Waals surface area contributed by atoms with Crippen LogP contribution in [-0.2, 0) is 12.3 Å². The molecule has 0 spiro atoms. The van der Waals surface area contributed by atoms with Gasteiger partial charge in [0, 0.05) is 23.3 Å². The maximum absolute atomic E-state index is 14.0. The summed E-state index contributed by atoms with van der Waals surface area (Å²) in [5, 5.41) is 8.15. The number of halogens is 1. The molecule has 2 aromatic heterocycles. The van der Waals surface area contributed by atoms with Crippen molar-refractivity contribution in [2.75, 3.05) is 0 Å². The number of aliphatic imine (C=N–C) groups is 1. The van der Waals surface area contributed by atoms with E-state index in [2.05, 4.69) is 20.4 Å². The van der Waals surface area contributed by atoms with Gasteiger partial charge in [-0.05, 0) is 18.2 Å². The Kier molecular flexibility index (Phi) is 3.58. The molecule has 3 aromatic rings. The lowest BCUT2D eigenvalue weighted by Gasteiger charge is -2.28. The zero-order valence-electron chi connectivity index (χ0n) is 13.7. The summed E-state index contributed by atoms with van der Waals surface area (Å²) < 4.78 is 15.6. The van der Waals surface area contributed by atoms with E-state index < -0.39 is 5.79 Å². The van der Waals surface area contributed by atoms with E-state index >= 15 is 0 Å². The van der Waals surface area contributed by atoms with E-state index in [9.17, 15) is 4.39 Å². The summed E-state index contributed by atoms with van der Waals surface area (Å²) in [5.41, 5.74) is 19.7. The number of hydrogen-bond donors (Lipinski definition) is 4. The van der Waals surface area contributed by atoms with Crippen LogP contribution in [0.2, 0.25) is 0 Å². The number of pyridine rings is 1. The van der Waals surface area contributed by atoms with Gasteiger partial charge in [-0.25, -0.2) is 19.0 Å². The second-order valence-electron chi connectivity index (χ2n) is 5.98. The summed E-state index contributed by atoms with van der Waals surface area (Å²) >= 11 is 0. The summed E-state index contributed by atoms with van der Waals surface area (Å²) in [5.74, 6) is -1.59. The molecule has 0 aliphatic carbocycles. The number of hydrogen-bond acceptors (Lipinski definition) is 7. The molecule has 0 saturated heterocycles. The minimum atomic E-state index is -1.39. The van der Waals surface area contributed by atoms with Crippen molar-refractivity contribution < 1.29 is 4.39 Å². The van der Waals surface area contributed by atoms with Gasteiger partial charge >= 0.3 is 0 Å². The highest BCUT2D eigenvalue weighted by Crippen LogP contribution is 2.27. The Morgan fingerprint density at radius 2 is 1.96 bits per heavy atom. The molecule has 26 heavy (non-hydrogen) atoms. The van der Waals surface area contributed by atoms with Crippen molar-refractivity contribution in [2.45, 2.75) is 12.3 Å². The minimum absolute atomic E-state index is 0.118. The molecule has 8 nitrogen and oxygen atoms in total. The lowest BCUT2D eigenvalue weighted by Crippen LogP contribution is -2.51. The second-order valence-corrected chi connectivity index (χ2v) is 5.98. The second kappa shape index (κ2) is 5.81. The van der Waals surface area contributed by atoms with Crippen LogP contribution in [0.4, 0.5) is 4.39 Å². The van der Waals surface area contributed by atoms with Crippen LogP contribution in [0.5, 0.6) is 0 Å². The molecule has 132 valence electrons. The third-order valence-electron chi connectivity index (χ3n) is 4.19. The normalized spacial score (nSPS) is 19.8. The van der Waals surface area contributed by atoms with Gasteiger partial charge in [0.2, 0.25) is 5.79 Å². The first-order chi connectivity index (χ1) is 12.5. The molecule has 9 heteroatoms. The number of rotatable bonds is 3. The Hall–Kier alpha value is -3.46. The third kappa shape index (κ3) is 2.54. The van der Waals surface area contributed by atoms with Gasteiger partial charge in [-0.3, -0.25) is 5.73 Å². The van der Waals surface area contributed by atoms with Gasteiger partial charge in [0.1, 0.15) is 17.3 Å². The number of amidine groups is 1. The minimum Gasteiger partial charge on any atom is -0.395 e. The molecule has 7 N–H and O–H groups in total. The maximum atomic E-state index is 14.0. The molecular formula is C17H17FN8. The van der Waals surface area contributed by atoms with Crippen molar-refractivity contribution >= 4 is 16.9 Å². The van der Waals surface area contributed by atoms with Crippen molar-refractivity contribution in [1.82, 2.24) is 20.1 Å². The summed E-state index contributed by atoms with van der Waals surface area (Å²) in [7, 11) is 0. The Labute approximate surface area is 148 Å². The van der Waals surface area contributed by atoms with Crippen LogP contribution in [0.3, 0.4) is 0 Å². The van der Waals surface area contributed by atoms with Crippen molar-refractivity contribution in [2.24, 2.45) is 22.2 Å². The third-order valence-corrected chi connectivity index (χ3v) is 4.19. The molecule has 1 aliphatic rings. The largest absolute Gasteiger partial charge is 0.395 e. The van der Waals surface area contributed by atoms with Crippen LogP contribution in [0, 0.1) is 5.82 Å². The van der Waals surface area contributed by atoms with Crippen LogP contribution in [0.15, 0.2) is 59.5 Å². The van der Waals surface area contributed by atoms with Crippen LogP contribution in [0.1, 0.15) is 11.3 Å². The monoisotopic (exact) mass is 352 g/mol. The predicted octanol–water partition coefficient (Wildman–Crippen LogP) is 0.448. The number of benzene rings is 1. The summed E-state index contributed by atoms with van der Waals surface area (Å²) in [6, 6.07) is 10.1. The number of aromatic nitrogens is 3. The first kappa shape index (κ1) is 16.0.